The van der Waals surface area contributed by atoms with Gasteiger partial charge in [-0.2, -0.15) is 14.7 Å². The van der Waals surface area contributed by atoms with Crippen molar-refractivity contribution >= 4 is 30.0 Å². The maximum absolute atomic E-state index is 12.8. The van der Waals surface area contributed by atoms with E-state index in [1.54, 1.807) is 0 Å². The molecule has 0 fully saturated rings. The number of nitrogens with zero attached hydrogens (tertiary/aromatic N) is 1. The molecule has 0 unspecified atom stereocenters. The lowest BCUT2D eigenvalue weighted by molar-refractivity contribution is -0.191. The highest BCUT2D eigenvalue weighted by molar-refractivity contribution is 5.94. The molecule has 1 atom stereocenters. The summed E-state index contributed by atoms with van der Waals surface area (Å²) < 4.78 is 12.8. The monoisotopic (exact) mass is 457 g/mol. The molecule has 32 heavy (non-hydrogen) atoms. The van der Waals surface area contributed by atoms with E-state index in [0.29, 0.717) is 31.4 Å². The molecule has 0 aliphatic heterocycles. The van der Waals surface area contributed by atoms with Crippen LogP contribution in [0.4, 0.5) is 9.18 Å². The van der Waals surface area contributed by atoms with Gasteiger partial charge in [-0.05, 0) is 49.9 Å². The number of carboxylic acid groups (broad SMARTS) is 2. The highest BCUT2D eigenvalue weighted by Crippen LogP contribution is 2.06. The van der Waals surface area contributed by atoms with Gasteiger partial charge in [0.05, 0.1) is 0 Å². The van der Waals surface area contributed by atoms with Crippen molar-refractivity contribution in [3.63, 3.8) is 0 Å². The zero-order valence-corrected chi connectivity index (χ0v) is 17.0. The molecule has 0 heterocycles. The number of urea groups is 1. The topological polar surface area (TPSA) is 190 Å². The van der Waals surface area contributed by atoms with E-state index in [9.17, 15) is 28.8 Å². The second-order valence-electron chi connectivity index (χ2n) is 6.27. The summed E-state index contributed by atoms with van der Waals surface area (Å²) in [5.74, 6) is -3.51. The first-order valence-corrected chi connectivity index (χ1v) is 9.37. The molecule has 3 amide bonds. The zero-order valence-electron chi connectivity index (χ0n) is 17.0. The average Bonchev–Trinajstić information content (AvgIpc) is 2.73. The Morgan fingerprint density at radius 1 is 0.969 bits per heavy atom. The Bertz CT molecular complexity index is 796. The Hall–Kier alpha value is -3.83. The number of carbonyl (C=O) groups excluding carboxylic acids is 4. The fourth-order valence-electron chi connectivity index (χ4n) is 2.36. The predicted molar refractivity (Wildman–Crippen MR) is 103 cm³/mol. The summed E-state index contributed by atoms with van der Waals surface area (Å²) in [5, 5.41) is 32.2. The molecule has 5 N–H and O–H groups in total. The number of nitrogens with one attached hydrogen (secondary N) is 2. The number of carboxylic acids is 2. The number of benzene rings is 1. The van der Waals surface area contributed by atoms with Crippen molar-refractivity contribution in [2.45, 2.75) is 38.1 Å². The summed E-state index contributed by atoms with van der Waals surface area (Å²) in [4.78, 5) is 61.4. The maximum Gasteiger partial charge on any atom is 0.373 e. The quantitative estimate of drug-likeness (QED) is 0.172. The van der Waals surface area contributed by atoms with Crippen molar-refractivity contribution in [3.8, 4) is 0 Å². The Labute approximate surface area is 182 Å². The molecule has 12 nitrogen and oxygen atoms in total. The smallest absolute Gasteiger partial charge is 0.373 e. The van der Waals surface area contributed by atoms with Crippen molar-refractivity contribution < 1.29 is 48.6 Å². The van der Waals surface area contributed by atoms with Gasteiger partial charge >= 0.3 is 24.1 Å². The van der Waals surface area contributed by atoms with Gasteiger partial charge in [0.15, 0.2) is 6.04 Å². The number of unbranched alkanes of at least 4 members (excludes halogenated alkanes) is 2. The third-order valence-corrected chi connectivity index (χ3v) is 3.94. The zero-order chi connectivity index (χ0) is 24.5. The molecule has 0 saturated carbocycles. The Morgan fingerprint density at radius 2 is 1.50 bits per heavy atom. The van der Waals surface area contributed by atoms with E-state index in [-0.39, 0.29) is 23.7 Å². The van der Waals surface area contributed by atoms with Crippen LogP contribution < -0.4 is 10.6 Å². The third-order valence-electron chi connectivity index (χ3n) is 3.94. The van der Waals surface area contributed by atoms with Gasteiger partial charge in [-0.15, -0.1) is 0 Å². The molecule has 13 heteroatoms. The number of halogens is 1. The molecule has 0 aromatic heterocycles. The van der Waals surface area contributed by atoms with Gasteiger partial charge in [0, 0.05) is 25.1 Å². The highest BCUT2D eigenvalue weighted by Gasteiger charge is 2.29. The summed E-state index contributed by atoms with van der Waals surface area (Å²) in [5.41, 5.74) is 0.345. The number of amides is 3. The molecule has 0 spiro atoms. The molecular formula is C19H24FN3O9. The minimum atomic E-state index is -1.66. The van der Waals surface area contributed by atoms with Crippen molar-refractivity contribution in [3.05, 3.63) is 35.6 Å². The van der Waals surface area contributed by atoms with Crippen LogP contribution in [0.2, 0.25) is 0 Å². The first-order chi connectivity index (χ1) is 15.1. The predicted octanol–water partition coefficient (Wildman–Crippen LogP) is 0.861. The van der Waals surface area contributed by atoms with Crippen LogP contribution >= 0.6 is 0 Å². The molecule has 1 aromatic rings. The largest absolute Gasteiger partial charge is 0.481 e. The van der Waals surface area contributed by atoms with E-state index in [4.69, 9.17) is 19.8 Å². The molecule has 0 aliphatic carbocycles. The summed E-state index contributed by atoms with van der Waals surface area (Å²) >= 11 is 0. The molecule has 0 saturated heterocycles. The fourth-order valence-corrected chi connectivity index (χ4v) is 2.36. The summed E-state index contributed by atoms with van der Waals surface area (Å²) in [6, 6.07) is 2.45. The van der Waals surface area contributed by atoms with Gasteiger partial charge < -0.3 is 20.8 Å². The van der Waals surface area contributed by atoms with Crippen LogP contribution in [0.5, 0.6) is 0 Å². The standard InChI is InChI=1S/C18H24FN3O7.CO2/c19-13-6-4-12(5-7-13)16(25)20-10-2-1-3-11-21-18(28)22(29)14(17(26)27)8-9-15(23)24;2-1-3/h4-7,14,29H,1-3,8-11H2,(H,20,25)(H,21,28)(H,23,24)(H,26,27);/t14-;/m0./s1. The van der Waals surface area contributed by atoms with Crippen LogP contribution in [-0.2, 0) is 19.2 Å². The molecular weight excluding hydrogens is 433 g/mol. The Balaban J connectivity index is 0.00000302. The van der Waals surface area contributed by atoms with E-state index in [1.807, 2.05) is 0 Å². The van der Waals surface area contributed by atoms with E-state index >= 15 is 0 Å². The molecule has 176 valence electrons. The number of hydrogen-bond donors (Lipinski definition) is 5. The van der Waals surface area contributed by atoms with Crippen LogP contribution in [-0.4, -0.2) is 69.6 Å². The summed E-state index contributed by atoms with van der Waals surface area (Å²) in [7, 11) is 0. The van der Waals surface area contributed by atoms with Crippen molar-refractivity contribution in [2.75, 3.05) is 13.1 Å². The minimum absolute atomic E-state index is 0.0197. The van der Waals surface area contributed by atoms with Crippen LogP contribution in [0.15, 0.2) is 24.3 Å². The van der Waals surface area contributed by atoms with Crippen LogP contribution in [0.1, 0.15) is 42.5 Å². The number of rotatable bonds is 12. The lowest BCUT2D eigenvalue weighted by Gasteiger charge is -2.22. The van der Waals surface area contributed by atoms with Gasteiger partial charge in [-0.3, -0.25) is 14.8 Å². The number of aliphatic carboxylic acids is 2. The SMILES string of the molecule is O=C(O)CC[C@@H](C(=O)O)N(O)C(=O)NCCCCCNC(=O)c1ccc(F)cc1.O=C=O. The lowest BCUT2D eigenvalue weighted by atomic mass is 10.1. The Kier molecular flexibility index (Phi) is 14.0. The third kappa shape index (κ3) is 12.0. The van der Waals surface area contributed by atoms with Crippen molar-refractivity contribution in [1.82, 2.24) is 15.7 Å². The van der Waals surface area contributed by atoms with E-state index in [0.717, 1.165) is 0 Å². The summed E-state index contributed by atoms with van der Waals surface area (Å²) in [6.07, 6.45) is 1.07. The van der Waals surface area contributed by atoms with Crippen LogP contribution in [0.3, 0.4) is 0 Å². The number of hydroxylamine groups is 2. The average molecular weight is 457 g/mol. The second-order valence-corrected chi connectivity index (χ2v) is 6.27. The summed E-state index contributed by atoms with van der Waals surface area (Å²) in [6.45, 7) is 0.541. The number of carbonyl (C=O) groups is 4. The first-order valence-electron chi connectivity index (χ1n) is 9.37. The van der Waals surface area contributed by atoms with Crippen molar-refractivity contribution in [1.29, 1.82) is 0 Å². The van der Waals surface area contributed by atoms with Gasteiger partial charge in [0.2, 0.25) is 0 Å². The van der Waals surface area contributed by atoms with Crippen LogP contribution in [0.25, 0.3) is 0 Å². The first kappa shape index (κ1) is 28.2. The van der Waals surface area contributed by atoms with Gasteiger partial charge in [-0.25, -0.2) is 14.0 Å². The second kappa shape index (κ2) is 15.9. The molecule has 1 aromatic carbocycles. The van der Waals surface area contributed by atoms with Gasteiger partial charge in [0.1, 0.15) is 5.82 Å². The molecule has 0 bridgehead atoms. The normalized spacial score (nSPS) is 10.6. The molecule has 0 radical (unpaired) electrons. The van der Waals surface area contributed by atoms with E-state index < -0.39 is 42.7 Å². The van der Waals surface area contributed by atoms with E-state index in [2.05, 4.69) is 10.6 Å². The molecule has 1 rings (SSSR count). The molecule has 0 aliphatic rings. The van der Waals surface area contributed by atoms with Crippen LogP contribution in [0, 0.1) is 5.82 Å². The van der Waals surface area contributed by atoms with Gasteiger partial charge in [-0.1, -0.05) is 0 Å². The fraction of sp³-hybridized carbons (Fsp3) is 0.421. The highest BCUT2D eigenvalue weighted by atomic mass is 19.1. The number of hydrogen-bond acceptors (Lipinski definition) is 7. The van der Waals surface area contributed by atoms with Gasteiger partial charge in [0.25, 0.3) is 5.91 Å². The van der Waals surface area contributed by atoms with Crippen molar-refractivity contribution in [2.24, 2.45) is 0 Å². The Morgan fingerprint density at radius 3 is 2.00 bits per heavy atom. The van der Waals surface area contributed by atoms with E-state index in [1.165, 1.54) is 24.3 Å². The lowest BCUT2D eigenvalue weighted by Crippen LogP contribution is -2.48. The minimum Gasteiger partial charge on any atom is -0.481 e. The maximum atomic E-state index is 12.8.